The van der Waals surface area contributed by atoms with Crippen LogP contribution in [0.1, 0.15) is 22.8 Å². The third kappa shape index (κ3) is 4.14. The van der Waals surface area contributed by atoms with Crippen LogP contribution in [0.2, 0.25) is 0 Å². The third-order valence-corrected chi connectivity index (χ3v) is 4.37. The van der Waals surface area contributed by atoms with E-state index in [1.807, 2.05) is 66.0 Å². The second kappa shape index (κ2) is 8.56. The fraction of sp³-hybridized carbons (Fsp3) is 0.286. The molecule has 7 nitrogen and oxygen atoms in total. The van der Waals surface area contributed by atoms with Gasteiger partial charge >= 0.3 is 5.97 Å². The number of nitrogens with one attached hydrogen (secondary N) is 1. The first-order valence-electron chi connectivity index (χ1n) is 9.14. The quantitative estimate of drug-likeness (QED) is 0.637. The molecule has 146 valence electrons. The van der Waals surface area contributed by atoms with Crippen LogP contribution in [-0.2, 0) is 16.1 Å². The van der Waals surface area contributed by atoms with Gasteiger partial charge in [-0.15, -0.1) is 0 Å². The van der Waals surface area contributed by atoms with E-state index in [2.05, 4.69) is 10.3 Å². The second-order valence-electron chi connectivity index (χ2n) is 6.57. The number of benzene rings is 2. The van der Waals surface area contributed by atoms with Crippen LogP contribution in [0.15, 0.2) is 48.8 Å². The van der Waals surface area contributed by atoms with Gasteiger partial charge in [0.05, 0.1) is 29.7 Å². The van der Waals surface area contributed by atoms with E-state index in [1.54, 1.807) is 13.3 Å². The van der Waals surface area contributed by atoms with E-state index in [0.29, 0.717) is 17.6 Å². The van der Waals surface area contributed by atoms with E-state index < -0.39 is 5.97 Å². The lowest BCUT2D eigenvalue weighted by atomic mass is 10.1. The molecule has 0 fully saturated rings. The lowest BCUT2D eigenvalue weighted by Crippen LogP contribution is -2.32. The van der Waals surface area contributed by atoms with Crippen molar-refractivity contribution in [1.82, 2.24) is 14.9 Å². The highest BCUT2D eigenvalue weighted by molar-refractivity contribution is 6.10. The number of carbonyl (C=O) groups excluding carboxylic acids is 2. The maximum Gasteiger partial charge on any atom is 0.325 e. The summed E-state index contributed by atoms with van der Waals surface area (Å²) in [5.41, 5.74) is 3.78. The molecule has 3 rings (SSSR count). The van der Waals surface area contributed by atoms with Crippen molar-refractivity contribution < 1.29 is 14.3 Å². The van der Waals surface area contributed by atoms with Gasteiger partial charge in [-0.25, -0.2) is 4.98 Å². The van der Waals surface area contributed by atoms with Gasteiger partial charge in [-0.1, -0.05) is 30.3 Å². The number of hydrogen-bond acceptors (Lipinski definition) is 5. The Kier molecular flexibility index (Phi) is 5.93. The van der Waals surface area contributed by atoms with E-state index in [1.165, 1.54) is 0 Å². The van der Waals surface area contributed by atoms with E-state index in [4.69, 9.17) is 4.74 Å². The molecule has 0 bridgehead atoms. The van der Waals surface area contributed by atoms with Crippen LogP contribution in [0.4, 0.5) is 5.69 Å². The van der Waals surface area contributed by atoms with Crippen LogP contribution in [0.25, 0.3) is 11.0 Å². The maximum atomic E-state index is 12.9. The lowest BCUT2D eigenvalue weighted by Gasteiger charge is -2.18. The molecule has 2 aromatic carbocycles. The predicted octanol–water partition coefficient (Wildman–Crippen LogP) is 2.44. The standard InChI is InChI=1S/C21H24N4O3/c1-4-28-18(26)12-22-21(27)19-16(24(2)3)10-11-17-20(19)23-14-25(17)13-15-8-6-5-7-9-15/h5-11,14H,4,12-13H2,1-3H3,(H,22,27). The Bertz CT molecular complexity index is 980. The molecule has 1 heterocycles. The number of aromatic nitrogens is 2. The van der Waals surface area contributed by atoms with Crippen LogP contribution in [0.3, 0.4) is 0 Å². The smallest absolute Gasteiger partial charge is 0.325 e. The average Bonchev–Trinajstić information content (AvgIpc) is 3.09. The summed E-state index contributed by atoms with van der Waals surface area (Å²) in [7, 11) is 3.73. The van der Waals surface area contributed by atoms with Crippen LogP contribution < -0.4 is 10.2 Å². The molecule has 28 heavy (non-hydrogen) atoms. The minimum Gasteiger partial charge on any atom is -0.465 e. The number of ether oxygens (including phenoxy) is 1. The van der Waals surface area contributed by atoms with Crippen molar-refractivity contribution >= 4 is 28.6 Å². The first-order valence-corrected chi connectivity index (χ1v) is 9.14. The van der Waals surface area contributed by atoms with Gasteiger partial charge in [-0.3, -0.25) is 9.59 Å². The Labute approximate surface area is 163 Å². The Morgan fingerprint density at radius 3 is 2.57 bits per heavy atom. The molecule has 0 aliphatic rings. The number of carbonyl (C=O) groups is 2. The number of amides is 1. The zero-order valence-electron chi connectivity index (χ0n) is 16.3. The number of nitrogens with zero attached hydrogens (tertiary/aromatic N) is 3. The average molecular weight is 380 g/mol. The van der Waals surface area contributed by atoms with Gasteiger partial charge in [-0.05, 0) is 24.6 Å². The molecule has 1 amide bonds. The SMILES string of the molecule is CCOC(=O)CNC(=O)c1c(N(C)C)ccc2c1ncn2Cc1ccccc1. The zero-order chi connectivity index (χ0) is 20.1. The Balaban J connectivity index is 1.96. The summed E-state index contributed by atoms with van der Waals surface area (Å²) in [5, 5.41) is 2.64. The van der Waals surface area contributed by atoms with Crippen LogP contribution in [0, 0.1) is 0 Å². The van der Waals surface area contributed by atoms with Crippen molar-refractivity contribution in [3.8, 4) is 0 Å². The van der Waals surface area contributed by atoms with Gasteiger partial charge < -0.3 is 19.5 Å². The highest BCUT2D eigenvalue weighted by atomic mass is 16.5. The van der Waals surface area contributed by atoms with E-state index in [9.17, 15) is 9.59 Å². The molecule has 0 saturated heterocycles. The fourth-order valence-electron chi connectivity index (χ4n) is 3.08. The minimum absolute atomic E-state index is 0.180. The van der Waals surface area contributed by atoms with Crippen molar-refractivity contribution in [3.63, 3.8) is 0 Å². The predicted molar refractivity (Wildman–Crippen MR) is 109 cm³/mol. The van der Waals surface area contributed by atoms with E-state index in [0.717, 1.165) is 16.8 Å². The summed E-state index contributed by atoms with van der Waals surface area (Å²) in [5.74, 6) is -0.823. The lowest BCUT2D eigenvalue weighted by molar-refractivity contribution is -0.141. The van der Waals surface area contributed by atoms with E-state index in [-0.39, 0.29) is 19.1 Å². The summed E-state index contributed by atoms with van der Waals surface area (Å²) < 4.78 is 6.89. The second-order valence-corrected chi connectivity index (χ2v) is 6.57. The molecule has 1 aromatic heterocycles. The number of fused-ring (bicyclic) bond motifs is 1. The first-order chi connectivity index (χ1) is 13.5. The first kappa shape index (κ1) is 19.4. The van der Waals surface area contributed by atoms with Crippen molar-refractivity contribution in [2.75, 3.05) is 32.1 Å². The molecule has 0 radical (unpaired) electrons. The molecule has 0 unspecified atom stereocenters. The maximum absolute atomic E-state index is 12.9. The molecular formula is C21H24N4O3. The van der Waals surface area contributed by atoms with Gasteiger partial charge in [0.2, 0.25) is 0 Å². The molecule has 1 N–H and O–H groups in total. The van der Waals surface area contributed by atoms with Crippen molar-refractivity contribution in [3.05, 3.63) is 59.9 Å². The van der Waals surface area contributed by atoms with Crippen molar-refractivity contribution in [1.29, 1.82) is 0 Å². The minimum atomic E-state index is -0.468. The number of rotatable bonds is 7. The molecule has 3 aromatic rings. The third-order valence-electron chi connectivity index (χ3n) is 4.37. The van der Waals surface area contributed by atoms with Gasteiger partial charge in [0.1, 0.15) is 12.1 Å². The van der Waals surface area contributed by atoms with Crippen LogP contribution in [-0.4, -0.2) is 48.7 Å². The number of esters is 1. The summed E-state index contributed by atoms with van der Waals surface area (Å²) in [6.07, 6.45) is 1.74. The van der Waals surface area contributed by atoms with Gasteiger partial charge in [0, 0.05) is 20.6 Å². The van der Waals surface area contributed by atoms with Gasteiger partial charge in [0.15, 0.2) is 0 Å². The van der Waals surface area contributed by atoms with Crippen LogP contribution in [0.5, 0.6) is 0 Å². The Morgan fingerprint density at radius 1 is 1.14 bits per heavy atom. The summed E-state index contributed by atoms with van der Waals surface area (Å²) >= 11 is 0. The largest absolute Gasteiger partial charge is 0.465 e. The monoisotopic (exact) mass is 380 g/mol. The topological polar surface area (TPSA) is 76.5 Å². The summed E-state index contributed by atoms with van der Waals surface area (Å²) in [6.45, 7) is 2.48. The van der Waals surface area contributed by atoms with Crippen molar-refractivity contribution in [2.24, 2.45) is 0 Å². The molecule has 0 aliphatic heterocycles. The van der Waals surface area contributed by atoms with E-state index >= 15 is 0 Å². The highest BCUT2D eigenvalue weighted by Gasteiger charge is 2.20. The number of imidazole rings is 1. The Morgan fingerprint density at radius 2 is 1.89 bits per heavy atom. The summed E-state index contributed by atoms with van der Waals surface area (Å²) in [4.78, 5) is 30.8. The molecular weight excluding hydrogens is 356 g/mol. The molecule has 0 aliphatic carbocycles. The normalized spacial score (nSPS) is 10.7. The molecule has 0 saturated carbocycles. The number of anilines is 1. The molecule has 0 spiro atoms. The Hall–Kier alpha value is -3.35. The highest BCUT2D eigenvalue weighted by Crippen LogP contribution is 2.27. The van der Waals surface area contributed by atoms with Gasteiger partial charge in [0.25, 0.3) is 5.91 Å². The van der Waals surface area contributed by atoms with Crippen molar-refractivity contribution in [2.45, 2.75) is 13.5 Å². The summed E-state index contributed by atoms with van der Waals surface area (Å²) in [6, 6.07) is 13.9. The fourth-order valence-corrected chi connectivity index (χ4v) is 3.08. The van der Waals surface area contributed by atoms with Gasteiger partial charge in [-0.2, -0.15) is 0 Å². The van der Waals surface area contributed by atoms with Crippen LogP contribution >= 0.6 is 0 Å². The molecule has 7 heteroatoms. The zero-order valence-corrected chi connectivity index (χ0v) is 16.3. The number of hydrogen-bond donors (Lipinski definition) is 1. The molecule has 0 atom stereocenters.